The van der Waals surface area contributed by atoms with E-state index in [2.05, 4.69) is 10.3 Å². The fraction of sp³-hybridized carbons (Fsp3) is 0.458. The number of amides is 2. The van der Waals surface area contributed by atoms with Crippen molar-refractivity contribution in [2.45, 2.75) is 63.0 Å². The number of aromatic nitrogens is 1. The average molecular weight is 513 g/mol. The van der Waals surface area contributed by atoms with Gasteiger partial charge >= 0.3 is 6.18 Å². The van der Waals surface area contributed by atoms with Gasteiger partial charge in [0.15, 0.2) is 17.2 Å². The highest BCUT2D eigenvalue weighted by Gasteiger charge is 2.66. The van der Waals surface area contributed by atoms with E-state index < -0.39 is 65.0 Å². The van der Waals surface area contributed by atoms with Gasteiger partial charge in [-0.25, -0.2) is 4.39 Å². The minimum atomic E-state index is -4.89. The van der Waals surface area contributed by atoms with Crippen molar-refractivity contribution in [2.24, 2.45) is 11.7 Å². The van der Waals surface area contributed by atoms with E-state index in [-0.39, 0.29) is 16.9 Å². The molecular weight excluding hydrogens is 489 g/mol. The van der Waals surface area contributed by atoms with E-state index in [1.54, 1.807) is 0 Å². The van der Waals surface area contributed by atoms with E-state index in [9.17, 15) is 31.5 Å². The first-order valence-electron chi connectivity index (χ1n) is 11.3. The number of nitrogens with zero attached hydrogens (tertiary/aromatic N) is 1. The van der Waals surface area contributed by atoms with E-state index in [0.29, 0.717) is 12.8 Å². The Balaban J connectivity index is 1.76. The van der Waals surface area contributed by atoms with Crippen LogP contribution in [0.25, 0.3) is 0 Å². The van der Waals surface area contributed by atoms with Crippen LogP contribution in [0.5, 0.6) is 5.75 Å². The molecule has 2 fully saturated rings. The summed E-state index contributed by atoms with van der Waals surface area (Å²) in [5.74, 6) is -7.69. The second-order valence-electron chi connectivity index (χ2n) is 9.19. The van der Waals surface area contributed by atoms with Gasteiger partial charge in [-0.2, -0.15) is 17.6 Å². The summed E-state index contributed by atoms with van der Waals surface area (Å²) in [5, 5.41) is 2.41. The summed E-state index contributed by atoms with van der Waals surface area (Å²) >= 11 is 0. The Kier molecular flexibility index (Phi) is 6.67. The number of pyridine rings is 1. The predicted octanol–water partition coefficient (Wildman–Crippen LogP) is 4.47. The van der Waals surface area contributed by atoms with Gasteiger partial charge in [-0.15, -0.1) is 0 Å². The van der Waals surface area contributed by atoms with E-state index in [1.807, 2.05) is 0 Å². The Bertz CT molecular complexity index is 1190. The molecule has 0 spiro atoms. The van der Waals surface area contributed by atoms with Crippen molar-refractivity contribution in [1.82, 2.24) is 4.98 Å². The van der Waals surface area contributed by atoms with Crippen LogP contribution in [0.2, 0.25) is 0 Å². The lowest BCUT2D eigenvalue weighted by molar-refractivity contribution is -0.272. The van der Waals surface area contributed by atoms with E-state index in [4.69, 9.17) is 15.2 Å². The Morgan fingerprint density at radius 1 is 1.22 bits per heavy atom. The normalized spacial score (nSPS) is 26.4. The maximum Gasteiger partial charge on any atom is 0.417 e. The van der Waals surface area contributed by atoms with Crippen molar-refractivity contribution in [2.75, 3.05) is 5.32 Å². The van der Waals surface area contributed by atoms with Crippen molar-refractivity contribution >= 4 is 17.5 Å². The molecule has 1 aliphatic carbocycles. The van der Waals surface area contributed by atoms with Gasteiger partial charge in [0.05, 0.1) is 6.10 Å². The van der Waals surface area contributed by atoms with Gasteiger partial charge < -0.3 is 20.5 Å². The maximum absolute atomic E-state index is 14.9. The summed E-state index contributed by atoms with van der Waals surface area (Å²) in [4.78, 5) is 28.4. The highest BCUT2D eigenvalue weighted by Crippen LogP contribution is 2.55. The zero-order valence-corrected chi connectivity index (χ0v) is 19.4. The summed E-state index contributed by atoms with van der Waals surface area (Å²) in [6, 6.07) is 4.37. The molecule has 1 saturated heterocycles. The molecule has 194 valence electrons. The van der Waals surface area contributed by atoms with Crippen LogP contribution in [0.4, 0.5) is 27.6 Å². The summed E-state index contributed by atoms with van der Waals surface area (Å²) in [7, 11) is 0. The number of primary amides is 1. The van der Waals surface area contributed by atoms with Crippen molar-refractivity contribution in [3.63, 3.8) is 0 Å². The van der Waals surface area contributed by atoms with Crippen LogP contribution in [0.1, 0.15) is 55.1 Å². The smallest absolute Gasteiger partial charge is 0.417 e. The summed E-state index contributed by atoms with van der Waals surface area (Å²) in [6.45, 7) is 2.04. The Morgan fingerprint density at radius 3 is 2.50 bits per heavy atom. The summed E-state index contributed by atoms with van der Waals surface area (Å²) in [6.07, 6.45) is -3.89. The molecule has 2 amide bonds. The molecule has 12 heteroatoms. The monoisotopic (exact) mass is 513 g/mol. The first kappa shape index (κ1) is 25.8. The number of ether oxygens (including phenoxy) is 2. The number of carbonyl (C=O) groups is 2. The third-order valence-corrected chi connectivity index (χ3v) is 6.98. The number of anilines is 1. The number of halogens is 5. The molecule has 0 unspecified atom stereocenters. The molecule has 1 saturated carbocycles. The molecule has 2 heterocycles. The van der Waals surface area contributed by atoms with E-state index >= 15 is 0 Å². The molecule has 36 heavy (non-hydrogen) atoms. The van der Waals surface area contributed by atoms with Crippen molar-refractivity contribution < 1.29 is 41.0 Å². The van der Waals surface area contributed by atoms with Gasteiger partial charge in [0.2, 0.25) is 5.82 Å². The quantitative estimate of drug-likeness (QED) is 0.555. The van der Waals surface area contributed by atoms with Gasteiger partial charge in [0.1, 0.15) is 11.8 Å². The highest BCUT2D eigenvalue weighted by molar-refractivity contribution is 5.97. The lowest BCUT2D eigenvalue weighted by Crippen LogP contribution is -2.47. The molecule has 7 nitrogen and oxygen atoms in total. The second-order valence-corrected chi connectivity index (χ2v) is 9.19. The van der Waals surface area contributed by atoms with Crippen LogP contribution in [-0.2, 0) is 9.53 Å². The van der Waals surface area contributed by atoms with Crippen LogP contribution < -0.4 is 15.8 Å². The fourth-order valence-electron chi connectivity index (χ4n) is 4.46. The summed E-state index contributed by atoms with van der Waals surface area (Å²) in [5.41, 5.74) is 2.16. The Morgan fingerprint density at radius 2 is 1.92 bits per heavy atom. The fourth-order valence-corrected chi connectivity index (χ4v) is 4.46. The molecule has 0 bridgehead atoms. The van der Waals surface area contributed by atoms with Crippen LogP contribution in [-0.4, -0.2) is 40.8 Å². The third kappa shape index (κ3) is 4.49. The Labute approximate surface area is 203 Å². The second kappa shape index (κ2) is 9.30. The average Bonchev–Trinajstić information content (AvgIpc) is 3.05. The molecule has 1 aromatic heterocycles. The SMILES string of the molecule is C[C@H]1[C@H](c2ccc(F)c(F)c2OC2CCC2)[C@@H](C(=O)Nc2ccnc(C(N)=O)c2)O[C@]1(C)C(F)(F)F. The number of nitrogens with one attached hydrogen (secondary N) is 1. The zero-order chi connectivity index (χ0) is 26.4. The number of benzene rings is 1. The minimum Gasteiger partial charge on any atom is -0.487 e. The standard InChI is InChI=1S/C24H24F5N3O4/c1-11-17(14-6-7-15(25)18(26)19(14)35-13-4-3-5-13)20(36-23(11,2)24(27,28)29)22(34)32-12-8-9-31-16(10-12)21(30)33/h6-11,13,17,20H,3-5H2,1-2H3,(H2,30,33)(H,31,32,34)/t11-,17+,20-,23-/m0/s1. The molecular formula is C24H24F5N3O4. The van der Waals surface area contributed by atoms with Gasteiger partial charge in [-0.1, -0.05) is 13.0 Å². The topological polar surface area (TPSA) is 104 Å². The van der Waals surface area contributed by atoms with Crippen LogP contribution in [0.15, 0.2) is 30.5 Å². The number of hydrogen-bond acceptors (Lipinski definition) is 5. The Hall–Kier alpha value is -3.28. The number of rotatable bonds is 6. The number of nitrogens with two attached hydrogens (primary N) is 1. The van der Waals surface area contributed by atoms with Gasteiger partial charge in [0.25, 0.3) is 11.8 Å². The molecule has 4 atom stereocenters. The minimum absolute atomic E-state index is 0.0376. The number of hydrogen-bond donors (Lipinski definition) is 2. The van der Waals surface area contributed by atoms with Gasteiger partial charge in [-0.3, -0.25) is 14.6 Å². The predicted molar refractivity (Wildman–Crippen MR) is 117 cm³/mol. The lowest BCUT2D eigenvalue weighted by atomic mass is 9.76. The highest BCUT2D eigenvalue weighted by atomic mass is 19.4. The lowest BCUT2D eigenvalue weighted by Gasteiger charge is -2.32. The van der Waals surface area contributed by atoms with Gasteiger partial charge in [0, 0.05) is 29.3 Å². The van der Waals surface area contributed by atoms with E-state index in [1.165, 1.54) is 19.2 Å². The number of carbonyl (C=O) groups excluding carboxylic acids is 2. The third-order valence-electron chi connectivity index (χ3n) is 6.98. The molecule has 1 aromatic carbocycles. The zero-order valence-electron chi connectivity index (χ0n) is 19.4. The summed E-state index contributed by atoms with van der Waals surface area (Å²) < 4.78 is 82.4. The van der Waals surface area contributed by atoms with Crippen LogP contribution in [0.3, 0.4) is 0 Å². The maximum atomic E-state index is 14.9. The van der Waals surface area contributed by atoms with Gasteiger partial charge in [-0.05, 0) is 44.4 Å². The first-order valence-corrected chi connectivity index (χ1v) is 11.3. The number of alkyl halides is 3. The first-order chi connectivity index (χ1) is 16.8. The van der Waals surface area contributed by atoms with Crippen molar-refractivity contribution in [3.05, 3.63) is 53.4 Å². The molecule has 3 N–H and O–H groups in total. The largest absolute Gasteiger partial charge is 0.487 e. The van der Waals surface area contributed by atoms with Crippen molar-refractivity contribution in [1.29, 1.82) is 0 Å². The molecule has 1 aliphatic heterocycles. The molecule has 2 aliphatic rings. The molecule has 2 aromatic rings. The molecule has 0 radical (unpaired) electrons. The van der Waals surface area contributed by atoms with Crippen LogP contribution >= 0.6 is 0 Å². The van der Waals surface area contributed by atoms with E-state index in [0.717, 1.165) is 31.5 Å². The van der Waals surface area contributed by atoms with Crippen LogP contribution in [0, 0.1) is 17.6 Å². The van der Waals surface area contributed by atoms with Crippen molar-refractivity contribution in [3.8, 4) is 5.75 Å². The molecule has 4 rings (SSSR count).